The number of fused-ring (bicyclic) bond motifs is 2. The standard InChI is InChI=1S/C26H48N2O5Si2/c1-13-26(28-12)21(15-27)14-25(16-29-24(10,11)32-25)22-23(26)31-35(19(6)7,20(8)9)33-34(30-22,17(2)3)18(4)5/h14,17-20,22-23,28H,13,16H2,1-12H3. The van der Waals surface area contributed by atoms with Crippen LogP contribution in [0.2, 0.25) is 22.2 Å². The molecule has 0 amide bonds. The minimum Gasteiger partial charge on any atom is -0.414 e. The zero-order valence-corrected chi connectivity index (χ0v) is 25.9. The Balaban J connectivity index is 2.40. The lowest BCUT2D eigenvalue weighted by atomic mass is 9.69. The van der Waals surface area contributed by atoms with Gasteiger partial charge in [0.25, 0.3) is 0 Å². The fraction of sp³-hybridized carbons (Fsp3) is 0.885. The van der Waals surface area contributed by atoms with E-state index in [0.29, 0.717) is 18.6 Å². The summed E-state index contributed by atoms with van der Waals surface area (Å²) in [4.78, 5) is 0. The van der Waals surface area contributed by atoms with Crippen LogP contribution in [-0.2, 0) is 22.4 Å². The lowest BCUT2D eigenvalue weighted by Gasteiger charge is -2.53. The molecule has 0 aromatic heterocycles. The van der Waals surface area contributed by atoms with Crippen LogP contribution in [0.5, 0.6) is 0 Å². The van der Waals surface area contributed by atoms with Crippen molar-refractivity contribution < 1.29 is 22.4 Å². The van der Waals surface area contributed by atoms with E-state index in [9.17, 15) is 5.26 Å². The summed E-state index contributed by atoms with van der Waals surface area (Å²) in [7, 11) is -3.80. The highest BCUT2D eigenvalue weighted by Gasteiger charge is 2.70. The van der Waals surface area contributed by atoms with E-state index in [-0.39, 0.29) is 22.2 Å². The van der Waals surface area contributed by atoms with Crippen molar-refractivity contribution in [2.24, 2.45) is 0 Å². The Morgan fingerprint density at radius 1 is 0.971 bits per heavy atom. The Bertz CT molecular complexity index is 846. The van der Waals surface area contributed by atoms with Gasteiger partial charge in [0.2, 0.25) is 0 Å². The van der Waals surface area contributed by atoms with Crippen molar-refractivity contribution in [1.82, 2.24) is 5.32 Å². The molecule has 0 bridgehead atoms. The fourth-order valence-corrected chi connectivity index (χ4v) is 17.8. The van der Waals surface area contributed by atoms with E-state index in [1.165, 1.54) is 0 Å². The van der Waals surface area contributed by atoms with Crippen molar-refractivity contribution in [3.63, 3.8) is 0 Å². The molecule has 2 saturated heterocycles. The second kappa shape index (κ2) is 9.62. The number of rotatable bonds is 6. The van der Waals surface area contributed by atoms with Gasteiger partial charge in [-0.3, -0.25) is 0 Å². The highest BCUT2D eigenvalue weighted by atomic mass is 28.5. The molecule has 1 spiro atoms. The van der Waals surface area contributed by atoms with Gasteiger partial charge in [-0.2, -0.15) is 5.26 Å². The van der Waals surface area contributed by atoms with Crippen LogP contribution in [-0.4, -0.2) is 59.9 Å². The second-order valence-corrected chi connectivity index (χ2v) is 21.0. The lowest BCUT2D eigenvalue weighted by Crippen LogP contribution is -2.70. The summed E-state index contributed by atoms with van der Waals surface area (Å²) in [6, 6.07) is 2.49. The zero-order chi connectivity index (χ0) is 26.6. The molecule has 0 radical (unpaired) electrons. The van der Waals surface area contributed by atoms with Crippen molar-refractivity contribution in [2.45, 2.75) is 134 Å². The van der Waals surface area contributed by atoms with Crippen LogP contribution in [0.3, 0.4) is 0 Å². The summed E-state index contributed by atoms with van der Waals surface area (Å²) in [5, 5.41) is 13.9. The zero-order valence-electron chi connectivity index (χ0n) is 23.9. The molecule has 3 rings (SSSR count). The smallest absolute Gasteiger partial charge is 0.335 e. The van der Waals surface area contributed by atoms with Crippen LogP contribution in [0.15, 0.2) is 11.6 Å². The quantitative estimate of drug-likeness (QED) is 0.449. The van der Waals surface area contributed by atoms with Gasteiger partial charge >= 0.3 is 17.1 Å². The molecule has 0 aromatic rings. The van der Waals surface area contributed by atoms with Gasteiger partial charge in [0.1, 0.15) is 11.7 Å². The number of nitrogens with one attached hydrogen (secondary N) is 1. The Kier molecular flexibility index (Phi) is 7.97. The molecule has 3 aliphatic rings. The first kappa shape index (κ1) is 29.0. The van der Waals surface area contributed by atoms with Crippen molar-refractivity contribution in [3.05, 3.63) is 11.6 Å². The van der Waals surface area contributed by atoms with Gasteiger partial charge in [-0.1, -0.05) is 62.3 Å². The predicted octanol–water partition coefficient (Wildman–Crippen LogP) is 5.66. The third kappa shape index (κ3) is 4.32. The van der Waals surface area contributed by atoms with Crippen LogP contribution < -0.4 is 5.32 Å². The maximum Gasteiger partial charge on any atom is 0.335 e. The SMILES string of the molecule is CCC1(NC)C(C#N)=CC2(COC(C)(C)O2)C2O[Si](C(C)C)(C(C)C)O[Si](C(C)C)(C(C)C)OC21. The molecule has 200 valence electrons. The minimum atomic E-state index is -2.86. The first-order valence-corrected chi connectivity index (χ1v) is 17.3. The van der Waals surface area contributed by atoms with Gasteiger partial charge < -0.3 is 27.8 Å². The fourth-order valence-electron chi connectivity index (χ4n) is 6.48. The summed E-state index contributed by atoms with van der Waals surface area (Å²) in [5.74, 6) is -0.797. The molecule has 1 aliphatic carbocycles. The average Bonchev–Trinajstić information content (AvgIpc) is 2.96. The summed E-state index contributed by atoms with van der Waals surface area (Å²) in [6.07, 6.45) is 1.70. The Hall–Kier alpha value is -0.576. The van der Waals surface area contributed by atoms with E-state index in [4.69, 9.17) is 22.4 Å². The Morgan fingerprint density at radius 3 is 1.80 bits per heavy atom. The molecule has 2 heterocycles. The van der Waals surface area contributed by atoms with Crippen molar-refractivity contribution >= 4 is 17.1 Å². The predicted molar refractivity (Wildman–Crippen MR) is 142 cm³/mol. The number of nitriles is 1. The van der Waals surface area contributed by atoms with Crippen LogP contribution in [0, 0.1) is 11.3 Å². The first-order chi connectivity index (χ1) is 16.1. The van der Waals surface area contributed by atoms with Crippen LogP contribution >= 0.6 is 0 Å². The molecule has 4 unspecified atom stereocenters. The highest BCUT2D eigenvalue weighted by molar-refractivity contribution is 6.84. The van der Waals surface area contributed by atoms with Crippen molar-refractivity contribution in [3.8, 4) is 6.07 Å². The second-order valence-electron chi connectivity index (χ2n) is 12.2. The highest BCUT2D eigenvalue weighted by Crippen LogP contribution is 2.55. The molecule has 7 nitrogen and oxygen atoms in total. The summed E-state index contributed by atoms with van der Waals surface area (Å²) >= 11 is 0. The molecular weight excluding hydrogens is 476 g/mol. The lowest BCUT2D eigenvalue weighted by molar-refractivity contribution is -0.187. The molecule has 2 aliphatic heterocycles. The molecule has 0 aromatic carbocycles. The number of hydrogen-bond donors (Lipinski definition) is 1. The maximum atomic E-state index is 10.4. The largest absolute Gasteiger partial charge is 0.414 e. The summed E-state index contributed by atoms with van der Waals surface area (Å²) in [6.45, 7) is 24.0. The third-order valence-corrected chi connectivity index (χ3v) is 18.7. The molecular formula is C26H48N2O5Si2. The van der Waals surface area contributed by atoms with Crippen LogP contribution in [0.25, 0.3) is 0 Å². The normalized spacial score (nSPS) is 35.9. The molecule has 2 fully saturated rings. The molecule has 4 atom stereocenters. The first-order valence-electron chi connectivity index (χ1n) is 13.3. The third-order valence-electron chi connectivity index (χ3n) is 8.48. The minimum absolute atomic E-state index is 0.199. The molecule has 35 heavy (non-hydrogen) atoms. The summed E-state index contributed by atoms with van der Waals surface area (Å²) in [5.41, 5.74) is -0.228. The van der Waals surface area contributed by atoms with Gasteiger partial charge in [-0.15, -0.1) is 0 Å². The van der Waals surface area contributed by atoms with E-state index >= 15 is 0 Å². The van der Waals surface area contributed by atoms with E-state index in [0.717, 1.165) is 0 Å². The van der Waals surface area contributed by atoms with Crippen LogP contribution in [0.1, 0.15) is 82.6 Å². The van der Waals surface area contributed by atoms with E-state index in [1.54, 1.807) is 0 Å². The number of hydrogen-bond acceptors (Lipinski definition) is 7. The van der Waals surface area contributed by atoms with Crippen molar-refractivity contribution in [1.29, 1.82) is 5.26 Å². The number of likely N-dealkylation sites (N-methyl/N-ethyl adjacent to an activating group) is 1. The number of ether oxygens (including phenoxy) is 2. The van der Waals surface area contributed by atoms with Gasteiger partial charge in [0.05, 0.1) is 29.9 Å². The van der Waals surface area contributed by atoms with E-state index < -0.39 is 46.3 Å². The average molecular weight is 525 g/mol. The van der Waals surface area contributed by atoms with Gasteiger partial charge in [-0.25, -0.2) is 0 Å². The Labute approximate surface area is 215 Å². The van der Waals surface area contributed by atoms with Crippen LogP contribution in [0.4, 0.5) is 0 Å². The molecule has 0 saturated carbocycles. The monoisotopic (exact) mass is 524 g/mol. The number of nitrogens with zero attached hydrogens (tertiary/aromatic N) is 1. The van der Waals surface area contributed by atoms with Gasteiger partial charge in [0, 0.05) is 0 Å². The Morgan fingerprint density at radius 2 is 1.46 bits per heavy atom. The van der Waals surface area contributed by atoms with Crippen molar-refractivity contribution in [2.75, 3.05) is 13.7 Å². The van der Waals surface area contributed by atoms with Gasteiger partial charge in [0.15, 0.2) is 5.79 Å². The van der Waals surface area contributed by atoms with E-state index in [2.05, 4.69) is 73.7 Å². The molecule has 9 heteroatoms. The van der Waals surface area contributed by atoms with E-state index in [1.807, 2.05) is 27.0 Å². The molecule has 1 N–H and O–H groups in total. The van der Waals surface area contributed by atoms with Gasteiger partial charge in [-0.05, 0) is 55.6 Å². The summed E-state index contributed by atoms with van der Waals surface area (Å²) < 4.78 is 35.0. The maximum absolute atomic E-state index is 10.4. The topological polar surface area (TPSA) is 82.0 Å².